The molecule has 0 aliphatic carbocycles. The first-order valence-electron chi connectivity index (χ1n) is 11.1. The Morgan fingerprint density at radius 1 is 1.24 bits per heavy atom. The van der Waals surface area contributed by atoms with E-state index in [1.807, 2.05) is 4.68 Å². The molecule has 7 nitrogen and oxygen atoms in total. The minimum Gasteiger partial charge on any atom is -0.324 e. The lowest BCUT2D eigenvalue weighted by atomic mass is 9.95. The molecule has 0 bridgehead atoms. The second-order valence-corrected chi connectivity index (χ2v) is 10.4. The van der Waals surface area contributed by atoms with Crippen molar-refractivity contribution in [2.45, 2.75) is 45.7 Å². The molecule has 0 atom stereocenters. The average molecular weight is 461 g/mol. The zero-order valence-corrected chi connectivity index (χ0v) is 20.0. The summed E-state index contributed by atoms with van der Waals surface area (Å²) in [5.74, 6) is 0.461. The Bertz CT molecular complexity index is 1400. The van der Waals surface area contributed by atoms with Gasteiger partial charge in [-0.2, -0.15) is 4.98 Å². The summed E-state index contributed by atoms with van der Waals surface area (Å²) in [6, 6.07) is 10.5. The van der Waals surface area contributed by atoms with Crippen molar-refractivity contribution in [1.29, 1.82) is 0 Å². The Labute approximate surface area is 196 Å². The zero-order valence-electron chi connectivity index (χ0n) is 19.2. The van der Waals surface area contributed by atoms with E-state index in [9.17, 15) is 4.79 Å². The van der Waals surface area contributed by atoms with Crippen LogP contribution in [0.5, 0.6) is 0 Å². The fourth-order valence-corrected chi connectivity index (χ4v) is 5.21. The topological polar surface area (TPSA) is 76.8 Å². The second-order valence-electron chi connectivity index (χ2n) is 9.34. The van der Waals surface area contributed by atoms with Crippen molar-refractivity contribution in [1.82, 2.24) is 24.6 Å². The monoisotopic (exact) mass is 460 g/mol. The van der Waals surface area contributed by atoms with Crippen LogP contribution in [0, 0.1) is 0 Å². The molecular weight excluding hydrogens is 432 g/mol. The molecule has 1 aromatic carbocycles. The van der Waals surface area contributed by atoms with Gasteiger partial charge in [-0.3, -0.25) is 4.79 Å². The van der Waals surface area contributed by atoms with Gasteiger partial charge in [0.25, 0.3) is 5.56 Å². The number of nitrogens with zero attached hydrogens (tertiary/aromatic N) is 4. The Kier molecular flexibility index (Phi) is 5.42. The van der Waals surface area contributed by atoms with Gasteiger partial charge in [0, 0.05) is 23.3 Å². The quantitative estimate of drug-likeness (QED) is 0.429. The standard InChI is InChI=1S/C25H28N6OS/c1-5-12-30-23(32)19-15-27-24(28-18-7-6-16-10-11-26-14-17(16)13-18)29-22(19)31(30)21-9-8-20(33-21)25(2,3)4/h5-9,13,15,26H,1,10-12,14H2,2-4H3,(H,27,28,29). The molecule has 4 aromatic rings. The Hall–Kier alpha value is -3.23. The van der Waals surface area contributed by atoms with E-state index >= 15 is 0 Å². The summed E-state index contributed by atoms with van der Waals surface area (Å²) < 4.78 is 3.56. The molecule has 170 valence electrons. The fourth-order valence-electron chi connectivity index (χ4n) is 4.13. The Morgan fingerprint density at radius 3 is 2.85 bits per heavy atom. The van der Waals surface area contributed by atoms with Crippen LogP contribution in [-0.2, 0) is 24.9 Å². The van der Waals surface area contributed by atoms with Crippen LogP contribution in [-0.4, -0.2) is 25.9 Å². The summed E-state index contributed by atoms with van der Waals surface area (Å²) >= 11 is 1.67. The lowest BCUT2D eigenvalue weighted by Crippen LogP contribution is -2.23. The number of benzene rings is 1. The van der Waals surface area contributed by atoms with Gasteiger partial charge in [-0.25, -0.2) is 14.3 Å². The highest BCUT2D eigenvalue weighted by atomic mass is 32.1. The van der Waals surface area contributed by atoms with Crippen LogP contribution in [0.2, 0.25) is 0 Å². The SMILES string of the molecule is C=CCn1c(=O)c2cnc(Nc3ccc4c(c3)CNCC4)nc2n1-c1ccc(C(C)(C)C)s1. The first kappa shape index (κ1) is 21.6. The maximum Gasteiger partial charge on any atom is 0.278 e. The van der Waals surface area contributed by atoms with Gasteiger partial charge in [-0.15, -0.1) is 17.9 Å². The van der Waals surface area contributed by atoms with Crippen molar-refractivity contribution in [3.8, 4) is 5.00 Å². The third kappa shape index (κ3) is 4.00. The number of thiophene rings is 1. The van der Waals surface area contributed by atoms with Gasteiger partial charge in [0.1, 0.15) is 10.4 Å². The summed E-state index contributed by atoms with van der Waals surface area (Å²) in [6.07, 6.45) is 4.38. The van der Waals surface area contributed by atoms with Crippen LogP contribution >= 0.6 is 11.3 Å². The van der Waals surface area contributed by atoms with E-state index in [2.05, 4.69) is 73.3 Å². The summed E-state index contributed by atoms with van der Waals surface area (Å²) in [5.41, 5.74) is 4.08. The summed E-state index contributed by atoms with van der Waals surface area (Å²) in [5, 5.41) is 8.16. The van der Waals surface area contributed by atoms with E-state index in [0.717, 1.165) is 30.2 Å². The highest BCUT2D eigenvalue weighted by Gasteiger charge is 2.21. The summed E-state index contributed by atoms with van der Waals surface area (Å²) in [4.78, 5) is 23.6. The molecule has 0 unspecified atom stereocenters. The lowest BCUT2D eigenvalue weighted by Gasteiger charge is -2.18. The van der Waals surface area contributed by atoms with Crippen LogP contribution in [0.25, 0.3) is 16.0 Å². The molecule has 33 heavy (non-hydrogen) atoms. The molecule has 5 rings (SSSR count). The molecule has 2 N–H and O–H groups in total. The summed E-state index contributed by atoms with van der Waals surface area (Å²) in [6.45, 7) is 12.7. The van der Waals surface area contributed by atoms with Gasteiger partial charge in [-0.1, -0.05) is 32.9 Å². The smallest absolute Gasteiger partial charge is 0.278 e. The molecule has 0 spiro atoms. The highest BCUT2D eigenvalue weighted by molar-refractivity contribution is 7.14. The minimum absolute atomic E-state index is 0.0262. The average Bonchev–Trinajstić information content (AvgIpc) is 3.38. The van der Waals surface area contributed by atoms with Gasteiger partial charge in [0.2, 0.25) is 5.95 Å². The maximum absolute atomic E-state index is 13.1. The normalized spacial score (nSPS) is 13.8. The van der Waals surface area contributed by atoms with E-state index in [4.69, 9.17) is 4.98 Å². The van der Waals surface area contributed by atoms with Crippen molar-refractivity contribution < 1.29 is 0 Å². The van der Waals surface area contributed by atoms with E-state index in [0.29, 0.717) is 23.5 Å². The summed E-state index contributed by atoms with van der Waals surface area (Å²) in [7, 11) is 0. The number of rotatable bonds is 5. The predicted octanol–water partition coefficient (Wildman–Crippen LogP) is 4.52. The van der Waals surface area contributed by atoms with Crippen LogP contribution in [0.1, 0.15) is 36.8 Å². The van der Waals surface area contributed by atoms with E-state index in [-0.39, 0.29) is 11.0 Å². The van der Waals surface area contributed by atoms with Crippen molar-refractivity contribution in [3.63, 3.8) is 0 Å². The number of nitrogens with one attached hydrogen (secondary N) is 2. The van der Waals surface area contributed by atoms with Crippen LogP contribution < -0.4 is 16.2 Å². The van der Waals surface area contributed by atoms with Crippen LogP contribution in [0.4, 0.5) is 11.6 Å². The van der Waals surface area contributed by atoms with E-state index < -0.39 is 0 Å². The number of allylic oxidation sites excluding steroid dienone is 1. The first-order valence-corrected chi connectivity index (χ1v) is 12.0. The van der Waals surface area contributed by atoms with Crippen molar-refractivity contribution in [2.75, 3.05) is 11.9 Å². The number of anilines is 2. The molecular formula is C25H28N6OS. The molecule has 3 aromatic heterocycles. The van der Waals surface area contributed by atoms with Crippen LogP contribution in [0.15, 0.2) is 54.0 Å². The minimum atomic E-state index is -0.123. The Balaban J connectivity index is 1.59. The predicted molar refractivity (Wildman–Crippen MR) is 135 cm³/mol. The van der Waals surface area contributed by atoms with Crippen molar-refractivity contribution in [2.24, 2.45) is 0 Å². The van der Waals surface area contributed by atoms with Gasteiger partial charge in [0.15, 0.2) is 5.65 Å². The molecule has 0 amide bonds. The van der Waals surface area contributed by atoms with Crippen molar-refractivity contribution >= 4 is 34.0 Å². The lowest BCUT2D eigenvalue weighted by molar-refractivity contribution is 0.603. The van der Waals surface area contributed by atoms with E-state index in [1.54, 1.807) is 28.3 Å². The Morgan fingerprint density at radius 2 is 2.09 bits per heavy atom. The second kappa shape index (κ2) is 8.28. The molecule has 8 heteroatoms. The highest BCUT2D eigenvalue weighted by Crippen LogP contribution is 2.32. The zero-order chi connectivity index (χ0) is 23.2. The third-order valence-corrected chi connectivity index (χ3v) is 7.35. The van der Waals surface area contributed by atoms with Crippen molar-refractivity contribution in [3.05, 3.63) is 75.5 Å². The molecule has 4 heterocycles. The maximum atomic E-state index is 13.1. The first-order chi connectivity index (χ1) is 15.8. The van der Waals surface area contributed by atoms with E-state index in [1.165, 1.54) is 16.0 Å². The van der Waals surface area contributed by atoms with Gasteiger partial charge >= 0.3 is 0 Å². The van der Waals surface area contributed by atoms with Gasteiger partial charge < -0.3 is 10.6 Å². The molecule has 1 aliphatic heterocycles. The molecule has 0 saturated heterocycles. The fraction of sp³-hybridized carbons (Fsp3) is 0.320. The molecule has 0 fully saturated rings. The number of hydrogen-bond acceptors (Lipinski definition) is 6. The van der Waals surface area contributed by atoms with Gasteiger partial charge in [-0.05, 0) is 53.8 Å². The number of aromatic nitrogens is 4. The van der Waals surface area contributed by atoms with Crippen LogP contribution in [0.3, 0.4) is 0 Å². The molecule has 0 saturated carbocycles. The molecule has 0 radical (unpaired) electrons. The largest absolute Gasteiger partial charge is 0.324 e. The number of fused-ring (bicyclic) bond motifs is 2. The van der Waals surface area contributed by atoms with Gasteiger partial charge in [0.05, 0.1) is 6.54 Å². The number of hydrogen-bond donors (Lipinski definition) is 2. The molecule has 1 aliphatic rings. The third-order valence-electron chi connectivity index (χ3n) is 5.87.